The average molecular weight is 140 g/mol. The number of carbonyl (C=O) groups excluding carboxylic acids is 1. The summed E-state index contributed by atoms with van der Waals surface area (Å²) in [4.78, 5) is 13.0. The summed E-state index contributed by atoms with van der Waals surface area (Å²) in [5.41, 5.74) is 0. The molecular formula is C8H14NO. The molecule has 1 aliphatic rings. The first-order chi connectivity index (χ1) is 4.70. The van der Waals surface area contributed by atoms with Crippen LogP contribution in [0.2, 0.25) is 0 Å². The Labute approximate surface area is 62.2 Å². The maximum atomic E-state index is 10.8. The number of hydrogen-bond donors (Lipinski definition) is 0. The number of Topliss-reactive ketones (excluding diaryl/α,β-unsaturated/α-hetero) is 1. The highest BCUT2D eigenvalue weighted by Crippen LogP contribution is 2.15. The van der Waals surface area contributed by atoms with E-state index in [9.17, 15) is 4.79 Å². The molecule has 0 aliphatic carbocycles. The minimum Gasteiger partial charge on any atom is -0.306 e. The Morgan fingerprint density at radius 1 is 1.50 bits per heavy atom. The monoisotopic (exact) mass is 140 g/mol. The molecule has 57 valence electrons. The Morgan fingerprint density at radius 3 is 2.40 bits per heavy atom. The van der Waals surface area contributed by atoms with Crippen molar-refractivity contribution in [2.24, 2.45) is 5.92 Å². The molecule has 0 saturated carbocycles. The van der Waals surface area contributed by atoms with Gasteiger partial charge in [-0.1, -0.05) is 0 Å². The highest BCUT2D eigenvalue weighted by molar-refractivity contribution is 5.84. The predicted octanol–water partition coefficient (Wildman–Crippen LogP) is 0.731. The Hall–Kier alpha value is -0.370. The van der Waals surface area contributed by atoms with E-state index in [0.717, 1.165) is 25.9 Å². The van der Waals surface area contributed by atoms with Crippen LogP contribution >= 0.6 is 0 Å². The fourth-order valence-electron chi connectivity index (χ4n) is 1.33. The molecule has 1 saturated heterocycles. The summed E-state index contributed by atoms with van der Waals surface area (Å²) in [5, 5.41) is 0. The highest BCUT2D eigenvalue weighted by Gasteiger charge is 2.19. The molecule has 0 bridgehead atoms. The van der Waals surface area contributed by atoms with Crippen LogP contribution in [0, 0.1) is 12.8 Å². The van der Waals surface area contributed by atoms with E-state index in [0.29, 0.717) is 0 Å². The van der Waals surface area contributed by atoms with Gasteiger partial charge in [0.15, 0.2) is 0 Å². The van der Waals surface area contributed by atoms with Crippen LogP contribution in [0.1, 0.15) is 12.8 Å². The summed E-state index contributed by atoms with van der Waals surface area (Å²) in [5.74, 6) is 0.365. The van der Waals surface area contributed by atoms with E-state index >= 15 is 0 Å². The second-order valence-corrected chi connectivity index (χ2v) is 3.04. The smallest absolute Gasteiger partial charge is 0.136 e. The first kappa shape index (κ1) is 7.73. The molecule has 0 aromatic rings. The molecule has 2 nitrogen and oxygen atoms in total. The van der Waals surface area contributed by atoms with Crippen molar-refractivity contribution in [3.63, 3.8) is 0 Å². The SMILES string of the molecule is [CH2]C(=O)C1CCN(C)CC1. The largest absolute Gasteiger partial charge is 0.306 e. The van der Waals surface area contributed by atoms with Crippen molar-refractivity contribution in [1.29, 1.82) is 0 Å². The number of rotatable bonds is 1. The number of likely N-dealkylation sites (tertiary alicyclic amines) is 1. The maximum Gasteiger partial charge on any atom is 0.136 e. The van der Waals surface area contributed by atoms with E-state index in [1.807, 2.05) is 0 Å². The maximum absolute atomic E-state index is 10.8. The third kappa shape index (κ3) is 1.81. The summed E-state index contributed by atoms with van der Waals surface area (Å²) in [6, 6.07) is 0. The van der Waals surface area contributed by atoms with Crippen LogP contribution in [0.4, 0.5) is 0 Å². The number of piperidine rings is 1. The normalized spacial score (nSPS) is 23.0. The van der Waals surface area contributed by atoms with Crippen LogP contribution in [-0.2, 0) is 4.79 Å². The van der Waals surface area contributed by atoms with Crippen molar-refractivity contribution in [1.82, 2.24) is 4.90 Å². The van der Waals surface area contributed by atoms with E-state index in [2.05, 4.69) is 18.9 Å². The van der Waals surface area contributed by atoms with Crippen molar-refractivity contribution >= 4 is 5.78 Å². The van der Waals surface area contributed by atoms with Crippen LogP contribution in [0.3, 0.4) is 0 Å². The molecule has 1 aliphatic heterocycles. The van der Waals surface area contributed by atoms with Gasteiger partial charge in [-0.05, 0) is 33.0 Å². The lowest BCUT2D eigenvalue weighted by molar-refractivity contribution is -0.119. The van der Waals surface area contributed by atoms with Gasteiger partial charge >= 0.3 is 0 Å². The third-order valence-corrected chi connectivity index (χ3v) is 2.17. The van der Waals surface area contributed by atoms with Crippen LogP contribution in [0.5, 0.6) is 0 Å². The lowest BCUT2D eigenvalue weighted by Crippen LogP contribution is -2.32. The fourth-order valence-corrected chi connectivity index (χ4v) is 1.33. The molecule has 0 aromatic carbocycles. The van der Waals surface area contributed by atoms with Gasteiger partial charge in [-0.25, -0.2) is 0 Å². The van der Waals surface area contributed by atoms with Crippen LogP contribution in [0.15, 0.2) is 0 Å². The summed E-state index contributed by atoms with van der Waals surface area (Å²) in [6.07, 6.45) is 2.00. The first-order valence-electron chi connectivity index (χ1n) is 3.74. The van der Waals surface area contributed by atoms with E-state index in [-0.39, 0.29) is 11.7 Å². The molecule has 0 atom stereocenters. The van der Waals surface area contributed by atoms with Crippen LogP contribution in [0.25, 0.3) is 0 Å². The molecule has 0 amide bonds. The summed E-state index contributed by atoms with van der Waals surface area (Å²) in [7, 11) is 2.09. The molecule has 1 rings (SSSR count). The van der Waals surface area contributed by atoms with Gasteiger partial charge in [0.1, 0.15) is 5.78 Å². The Balaban J connectivity index is 2.33. The number of ketones is 1. The summed E-state index contributed by atoms with van der Waals surface area (Å²) >= 11 is 0. The van der Waals surface area contributed by atoms with E-state index in [4.69, 9.17) is 0 Å². The molecule has 0 unspecified atom stereocenters. The van der Waals surface area contributed by atoms with Crippen molar-refractivity contribution in [2.75, 3.05) is 20.1 Å². The third-order valence-electron chi connectivity index (χ3n) is 2.17. The zero-order chi connectivity index (χ0) is 7.56. The second-order valence-electron chi connectivity index (χ2n) is 3.04. The van der Waals surface area contributed by atoms with Crippen LogP contribution < -0.4 is 0 Å². The van der Waals surface area contributed by atoms with Gasteiger partial charge in [-0.2, -0.15) is 0 Å². The van der Waals surface area contributed by atoms with Gasteiger partial charge in [0.25, 0.3) is 0 Å². The predicted molar refractivity (Wildman–Crippen MR) is 40.6 cm³/mol. The molecule has 0 spiro atoms. The van der Waals surface area contributed by atoms with Gasteiger partial charge in [0.2, 0.25) is 0 Å². The minimum absolute atomic E-state index is 0.119. The molecule has 0 aromatic heterocycles. The van der Waals surface area contributed by atoms with Gasteiger partial charge in [-0.3, -0.25) is 4.79 Å². The minimum atomic E-state index is 0.119. The molecular weight excluding hydrogens is 126 g/mol. The first-order valence-corrected chi connectivity index (χ1v) is 3.74. The Kier molecular flexibility index (Phi) is 2.44. The Bertz CT molecular complexity index is 125. The molecule has 2 heteroatoms. The van der Waals surface area contributed by atoms with E-state index in [1.165, 1.54) is 0 Å². The molecule has 0 N–H and O–H groups in total. The van der Waals surface area contributed by atoms with E-state index < -0.39 is 0 Å². The lowest BCUT2D eigenvalue weighted by atomic mass is 9.94. The quantitative estimate of drug-likeness (QED) is 0.535. The topological polar surface area (TPSA) is 20.3 Å². The molecule has 1 heterocycles. The summed E-state index contributed by atoms with van der Waals surface area (Å²) < 4.78 is 0. The number of carbonyl (C=O) groups is 1. The molecule has 1 fully saturated rings. The Morgan fingerprint density at radius 2 is 2.00 bits per heavy atom. The van der Waals surface area contributed by atoms with Crippen molar-refractivity contribution < 1.29 is 4.79 Å². The lowest BCUT2D eigenvalue weighted by Gasteiger charge is -2.26. The number of hydrogen-bond acceptors (Lipinski definition) is 2. The zero-order valence-electron chi connectivity index (χ0n) is 6.47. The van der Waals surface area contributed by atoms with E-state index in [1.54, 1.807) is 0 Å². The second kappa shape index (κ2) is 3.15. The van der Waals surface area contributed by atoms with Crippen molar-refractivity contribution in [3.05, 3.63) is 6.92 Å². The molecule has 10 heavy (non-hydrogen) atoms. The van der Waals surface area contributed by atoms with Crippen molar-refractivity contribution in [3.8, 4) is 0 Å². The van der Waals surface area contributed by atoms with Gasteiger partial charge in [-0.15, -0.1) is 0 Å². The van der Waals surface area contributed by atoms with Gasteiger partial charge < -0.3 is 4.90 Å². The molecule has 1 radical (unpaired) electrons. The fraction of sp³-hybridized carbons (Fsp3) is 0.750. The van der Waals surface area contributed by atoms with Crippen LogP contribution in [-0.4, -0.2) is 30.8 Å². The average Bonchev–Trinajstić information content (AvgIpc) is 1.88. The number of nitrogens with zero attached hydrogens (tertiary/aromatic N) is 1. The van der Waals surface area contributed by atoms with Gasteiger partial charge in [0, 0.05) is 12.8 Å². The standard InChI is InChI=1S/C8H14NO/c1-7(10)8-3-5-9(2)6-4-8/h8H,1,3-6H2,2H3. The van der Waals surface area contributed by atoms with Crippen molar-refractivity contribution in [2.45, 2.75) is 12.8 Å². The van der Waals surface area contributed by atoms with Gasteiger partial charge in [0.05, 0.1) is 0 Å². The highest BCUT2D eigenvalue weighted by atomic mass is 16.1. The zero-order valence-corrected chi connectivity index (χ0v) is 6.47. The summed E-state index contributed by atoms with van der Waals surface area (Å²) in [6.45, 7) is 5.52.